The van der Waals surface area contributed by atoms with Gasteiger partial charge in [-0.25, -0.2) is 4.79 Å². The molecule has 0 saturated carbocycles. The summed E-state index contributed by atoms with van der Waals surface area (Å²) in [7, 11) is 0. The molecule has 0 rings (SSSR count). The third-order valence-corrected chi connectivity index (χ3v) is 14.7. The summed E-state index contributed by atoms with van der Waals surface area (Å²) in [6.45, 7) is 13.6. The molecular formula is C60H118O5. The Labute approximate surface area is 408 Å². The average Bonchev–Trinajstić information content (AvgIpc) is 3.29. The van der Waals surface area contributed by atoms with E-state index in [2.05, 4.69) is 41.5 Å². The van der Waals surface area contributed by atoms with Crippen LogP contribution in [0.15, 0.2) is 0 Å². The Kier molecular flexibility index (Phi) is 47.1. The Morgan fingerprint density at radius 2 is 0.492 bits per heavy atom. The number of carbonyl (C=O) groups is 2. The number of ether oxygens (including phenoxy) is 2. The Morgan fingerprint density at radius 1 is 0.308 bits per heavy atom. The van der Waals surface area contributed by atoms with Gasteiger partial charge in [0.2, 0.25) is 0 Å². The number of hydrogen-bond donors (Lipinski definition) is 1. The van der Waals surface area contributed by atoms with E-state index in [1.54, 1.807) is 0 Å². The summed E-state index contributed by atoms with van der Waals surface area (Å²) >= 11 is 0. The molecule has 5 nitrogen and oxygen atoms in total. The minimum absolute atomic E-state index is 0.312. The van der Waals surface area contributed by atoms with Crippen LogP contribution in [-0.4, -0.2) is 34.4 Å². The molecule has 0 fully saturated rings. The van der Waals surface area contributed by atoms with Crippen molar-refractivity contribution in [3.63, 3.8) is 0 Å². The Bertz CT molecular complexity index is 962. The van der Waals surface area contributed by atoms with Crippen molar-refractivity contribution in [2.75, 3.05) is 0 Å². The SMILES string of the molecule is CCCCCCCCCCCC(CCCCCCCC)(CCCCCCCC)OC(=O)CC(O)C(=O)OC(CCCCCCCC)(CCCCCCCC)CCCCCCCCCCC. The summed E-state index contributed by atoms with van der Waals surface area (Å²) < 4.78 is 13.3. The van der Waals surface area contributed by atoms with Crippen LogP contribution in [0.5, 0.6) is 0 Å². The number of carbonyl (C=O) groups excluding carboxylic acids is 2. The standard InChI is InChI=1S/C60H118O5/c1-7-13-19-25-31-33-35-41-45-51-59(49-43-37-27-21-15-9-3,50-44-38-28-22-16-10-4)64-57(62)55-56(61)58(63)65-60(52-46-39-29-23-17-11-5,53-47-40-30-24-18-12-6)54-48-42-36-34-32-26-20-14-8-2/h56,61H,7-55H2,1-6H3. The predicted molar refractivity (Wildman–Crippen MR) is 284 cm³/mol. The van der Waals surface area contributed by atoms with E-state index in [0.717, 1.165) is 96.3 Å². The lowest BCUT2D eigenvalue weighted by atomic mass is 9.84. The second kappa shape index (κ2) is 47.9. The third kappa shape index (κ3) is 39.4. The highest BCUT2D eigenvalue weighted by molar-refractivity contribution is 5.82. The molecule has 0 aliphatic carbocycles. The first-order valence-electron chi connectivity index (χ1n) is 29.9. The number of hydrogen-bond acceptors (Lipinski definition) is 5. The number of rotatable bonds is 53. The molecule has 1 N–H and O–H groups in total. The first kappa shape index (κ1) is 63.9. The van der Waals surface area contributed by atoms with Crippen molar-refractivity contribution < 1.29 is 24.2 Å². The molecule has 5 heteroatoms. The first-order valence-corrected chi connectivity index (χ1v) is 29.9. The van der Waals surface area contributed by atoms with E-state index in [9.17, 15) is 14.7 Å². The molecule has 65 heavy (non-hydrogen) atoms. The van der Waals surface area contributed by atoms with Gasteiger partial charge in [-0.15, -0.1) is 0 Å². The lowest BCUT2D eigenvalue weighted by Gasteiger charge is -2.36. The van der Waals surface area contributed by atoms with Gasteiger partial charge in [-0.2, -0.15) is 0 Å². The molecule has 0 spiro atoms. The normalized spacial score (nSPS) is 12.5. The summed E-state index contributed by atoms with van der Waals surface area (Å²) in [4.78, 5) is 28.2. The second-order valence-electron chi connectivity index (χ2n) is 21.2. The highest BCUT2D eigenvalue weighted by Crippen LogP contribution is 2.36. The fraction of sp³-hybridized carbons (Fsp3) is 0.967. The van der Waals surface area contributed by atoms with Crippen molar-refractivity contribution in [3.8, 4) is 0 Å². The average molecular weight is 920 g/mol. The zero-order valence-corrected chi connectivity index (χ0v) is 45.3. The van der Waals surface area contributed by atoms with Crippen molar-refractivity contribution >= 4 is 11.9 Å². The van der Waals surface area contributed by atoms with Gasteiger partial charge in [-0.3, -0.25) is 4.79 Å². The van der Waals surface area contributed by atoms with E-state index >= 15 is 0 Å². The minimum atomic E-state index is -1.49. The molecule has 0 amide bonds. The van der Waals surface area contributed by atoms with Crippen molar-refractivity contribution in [2.45, 2.75) is 373 Å². The van der Waals surface area contributed by atoms with E-state index < -0.39 is 29.2 Å². The lowest BCUT2D eigenvalue weighted by molar-refractivity contribution is -0.180. The van der Waals surface area contributed by atoms with E-state index in [0.29, 0.717) is 0 Å². The van der Waals surface area contributed by atoms with Gasteiger partial charge < -0.3 is 14.6 Å². The Hall–Kier alpha value is -1.10. The third-order valence-electron chi connectivity index (χ3n) is 14.7. The molecule has 0 aliphatic rings. The molecule has 1 atom stereocenters. The van der Waals surface area contributed by atoms with Crippen LogP contribution in [0.2, 0.25) is 0 Å². The first-order chi connectivity index (χ1) is 31.8. The molecule has 1 unspecified atom stereocenters. The maximum absolute atomic E-state index is 14.1. The maximum atomic E-state index is 14.1. The highest BCUT2D eigenvalue weighted by atomic mass is 16.6. The Morgan fingerprint density at radius 3 is 0.708 bits per heavy atom. The smallest absolute Gasteiger partial charge is 0.336 e. The van der Waals surface area contributed by atoms with Gasteiger partial charge in [-0.1, -0.05) is 273 Å². The van der Waals surface area contributed by atoms with Gasteiger partial charge >= 0.3 is 11.9 Å². The minimum Gasteiger partial charge on any atom is -0.459 e. The van der Waals surface area contributed by atoms with Crippen LogP contribution in [0, 0.1) is 0 Å². The second-order valence-corrected chi connectivity index (χ2v) is 21.2. The van der Waals surface area contributed by atoms with Crippen LogP contribution in [-0.2, 0) is 19.1 Å². The maximum Gasteiger partial charge on any atom is 0.336 e. The largest absolute Gasteiger partial charge is 0.459 e. The van der Waals surface area contributed by atoms with E-state index in [1.165, 1.54) is 212 Å². The van der Waals surface area contributed by atoms with Crippen molar-refractivity contribution in [2.24, 2.45) is 0 Å². The molecule has 0 aliphatic heterocycles. The van der Waals surface area contributed by atoms with Crippen molar-refractivity contribution in [1.82, 2.24) is 0 Å². The Balaban J connectivity index is 6.13. The van der Waals surface area contributed by atoms with Gasteiger partial charge in [0.1, 0.15) is 11.2 Å². The zero-order chi connectivity index (χ0) is 47.8. The van der Waals surface area contributed by atoms with Gasteiger partial charge in [-0.05, 0) is 77.0 Å². The predicted octanol–water partition coefficient (Wildman–Crippen LogP) is 20.1. The van der Waals surface area contributed by atoms with Crippen LogP contribution < -0.4 is 0 Å². The molecule has 0 heterocycles. The fourth-order valence-electron chi connectivity index (χ4n) is 10.3. The molecule has 388 valence electrons. The van der Waals surface area contributed by atoms with Crippen LogP contribution in [0.3, 0.4) is 0 Å². The summed E-state index contributed by atoms with van der Waals surface area (Å²) in [5.74, 6) is -1.02. The quantitative estimate of drug-likeness (QED) is 0.0486. The fourth-order valence-corrected chi connectivity index (χ4v) is 10.3. The summed E-state index contributed by atoms with van der Waals surface area (Å²) in [6.07, 6.45) is 55.1. The van der Waals surface area contributed by atoms with Crippen molar-refractivity contribution in [1.29, 1.82) is 0 Å². The number of esters is 2. The molecule has 0 aromatic rings. The number of aliphatic hydroxyl groups is 1. The van der Waals surface area contributed by atoms with Gasteiger partial charge in [0, 0.05) is 0 Å². The monoisotopic (exact) mass is 919 g/mol. The number of aliphatic hydroxyl groups excluding tert-OH is 1. The summed E-state index contributed by atoms with van der Waals surface area (Å²) in [6, 6.07) is 0. The zero-order valence-electron chi connectivity index (χ0n) is 45.3. The van der Waals surface area contributed by atoms with E-state index in [-0.39, 0.29) is 6.42 Å². The van der Waals surface area contributed by atoms with Gasteiger partial charge in [0.05, 0.1) is 6.42 Å². The molecule has 0 saturated heterocycles. The van der Waals surface area contributed by atoms with Gasteiger partial charge in [0.15, 0.2) is 6.10 Å². The molecule has 0 radical (unpaired) electrons. The molecule has 0 aromatic heterocycles. The van der Waals surface area contributed by atoms with E-state index in [1.807, 2.05) is 0 Å². The van der Waals surface area contributed by atoms with Crippen LogP contribution in [0.4, 0.5) is 0 Å². The van der Waals surface area contributed by atoms with Crippen LogP contribution >= 0.6 is 0 Å². The van der Waals surface area contributed by atoms with E-state index in [4.69, 9.17) is 9.47 Å². The topological polar surface area (TPSA) is 72.8 Å². The summed E-state index contributed by atoms with van der Waals surface area (Å²) in [5, 5.41) is 11.6. The van der Waals surface area contributed by atoms with Crippen LogP contribution in [0.1, 0.15) is 356 Å². The molecule has 0 aromatic carbocycles. The number of unbranched alkanes of at least 4 members (excludes halogenated alkanes) is 36. The lowest BCUT2D eigenvalue weighted by Crippen LogP contribution is -2.41. The molecule has 0 bridgehead atoms. The molecular weight excluding hydrogens is 801 g/mol. The van der Waals surface area contributed by atoms with Crippen molar-refractivity contribution in [3.05, 3.63) is 0 Å². The van der Waals surface area contributed by atoms with Gasteiger partial charge in [0.25, 0.3) is 0 Å². The van der Waals surface area contributed by atoms with Crippen LogP contribution in [0.25, 0.3) is 0 Å². The highest BCUT2D eigenvalue weighted by Gasteiger charge is 2.38. The summed E-state index contributed by atoms with van der Waals surface area (Å²) in [5.41, 5.74) is -1.10.